The summed E-state index contributed by atoms with van der Waals surface area (Å²) in [4.78, 5) is 14.4. The van der Waals surface area contributed by atoms with Crippen molar-refractivity contribution in [1.82, 2.24) is 4.90 Å². The van der Waals surface area contributed by atoms with E-state index in [1.807, 2.05) is 23.1 Å². The van der Waals surface area contributed by atoms with E-state index >= 15 is 0 Å². The van der Waals surface area contributed by atoms with Gasteiger partial charge in [0.2, 0.25) is 5.91 Å². The van der Waals surface area contributed by atoms with Crippen LogP contribution < -0.4 is 4.74 Å². The Bertz CT molecular complexity index is 684. The van der Waals surface area contributed by atoms with E-state index in [0.717, 1.165) is 25.1 Å². The molecule has 0 aliphatic carbocycles. The molecule has 1 aliphatic rings. The van der Waals surface area contributed by atoms with Crippen LogP contribution >= 0.6 is 0 Å². The lowest BCUT2D eigenvalue weighted by molar-refractivity contribution is -0.129. The second-order valence-electron chi connectivity index (χ2n) is 5.92. The summed E-state index contributed by atoms with van der Waals surface area (Å²) in [7, 11) is 1.51. The van der Waals surface area contributed by atoms with E-state index in [9.17, 15) is 9.90 Å². The third-order valence-electron chi connectivity index (χ3n) is 4.41. The minimum absolute atomic E-state index is 0.0917. The summed E-state index contributed by atoms with van der Waals surface area (Å²) in [5.41, 5.74) is 2.15. The molecule has 3 rings (SSSR count). The molecule has 0 bridgehead atoms. The predicted molar refractivity (Wildman–Crippen MR) is 88.7 cm³/mol. The number of phenolic OH excluding ortho intramolecular Hbond substituents is 1. The van der Waals surface area contributed by atoms with Gasteiger partial charge in [0.25, 0.3) is 0 Å². The van der Waals surface area contributed by atoms with Crippen molar-refractivity contribution in [2.24, 2.45) is 0 Å². The van der Waals surface area contributed by atoms with Crippen molar-refractivity contribution in [3.63, 3.8) is 0 Å². The number of nitrogens with zero attached hydrogens (tertiary/aromatic N) is 1. The van der Waals surface area contributed by atoms with Crippen LogP contribution in [0.25, 0.3) is 0 Å². The van der Waals surface area contributed by atoms with E-state index in [0.29, 0.717) is 18.1 Å². The van der Waals surface area contributed by atoms with Crippen LogP contribution in [0.4, 0.5) is 0 Å². The first-order chi connectivity index (χ1) is 11.2. The van der Waals surface area contributed by atoms with E-state index in [1.54, 1.807) is 18.2 Å². The molecular formula is C19H21NO3. The van der Waals surface area contributed by atoms with Gasteiger partial charge < -0.3 is 14.7 Å². The van der Waals surface area contributed by atoms with Crippen molar-refractivity contribution in [3.05, 3.63) is 59.7 Å². The molecule has 23 heavy (non-hydrogen) atoms. The number of hydrogen-bond donors (Lipinski definition) is 1. The lowest BCUT2D eigenvalue weighted by atomic mass is 9.99. The molecule has 2 aromatic carbocycles. The second-order valence-corrected chi connectivity index (χ2v) is 5.92. The lowest BCUT2D eigenvalue weighted by Gasteiger charge is -2.17. The normalized spacial score (nSPS) is 17.3. The molecule has 1 aliphatic heterocycles. The van der Waals surface area contributed by atoms with Gasteiger partial charge in [-0.15, -0.1) is 0 Å². The van der Waals surface area contributed by atoms with Crippen LogP contribution in [0.2, 0.25) is 0 Å². The quantitative estimate of drug-likeness (QED) is 0.944. The number of carbonyl (C=O) groups excluding carboxylic acids is 1. The summed E-state index contributed by atoms with van der Waals surface area (Å²) in [5, 5.41) is 9.62. The minimum Gasteiger partial charge on any atom is -0.504 e. The van der Waals surface area contributed by atoms with Gasteiger partial charge in [0.05, 0.1) is 13.5 Å². The van der Waals surface area contributed by atoms with E-state index < -0.39 is 0 Å². The van der Waals surface area contributed by atoms with Crippen LogP contribution in [0.3, 0.4) is 0 Å². The number of ether oxygens (including phenoxy) is 1. The van der Waals surface area contributed by atoms with Gasteiger partial charge in [-0.25, -0.2) is 0 Å². The molecule has 4 heteroatoms. The van der Waals surface area contributed by atoms with Crippen molar-refractivity contribution in [2.45, 2.75) is 18.8 Å². The first kappa shape index (κ1) is 15.4. The maximum atomic E-state index is 12.5. The molecule has 4 nitrogen and oxygen atoms in total. The van der Waals surface area contributed by atoms with Gasteiger partial charge >= 0.3 is 0 Å². The van der Waals surface area contributed by atoms with Crippen molar-refractivity contribution in [1.29, 1.82) is 0 Å². The molecule has 0 aromatic heterocycles. The first-order valence-electron chi connectivity index (χ1n) is 7.86. The predicted octanol–water partition coefficient (Wildman–Crippen LogP) is 2.96. The molecule has 0 saturated carbocycles. The van der Waals surface area contributed by atoms with Crippen LogP contribution in [0, 0.1) is 0 Å². The number of hydrogen-bond acceptors (Lipinski definition) is 3. The van der Waals surface area contributed by atoms with E-state index in [4.69, 9.17) is 4.74 Å². The molecule has 1 saturated heterocycles. The first-order valence-corrected chi connectivity index (χ1v) is 7.86. The number of benzene rings is 2. The SMILES string of the molecule is COc1cc(CC(=O)N2CCC(c3ccccc3)C2)ccc1O. The number of aromatic hydroxyl groups is 1. The molecule has 0 spiro atoms. The Kier molecular flexibility index (Phi) is 4.51. The number of phenols is 1. The summed E-state index contributed by atoms with van der Waals surface area (Å²) in [5.74, 6) is 1.04. The third-order valence-corrected chi connectivity index (χ3v) is 4.41. The van der Waals surface area contributed by atoms with Crippen molar-refractivity contribution < 1.29 is 14.6 Å². The number of likely N-dealkylation sites (tertiary alicyclic amines) is 1. The average molecular weight is 311 g/mol. The van der Waals surface area contributed by atoms with Gasteiger partial charge in [0, 0.05) is 19.0 Å². The second kappa shape index (κ2) is 6.73. The monoisotopic (exact) mass is 311 g/mol. The van der Waals surface area contributed by atoms with Crippen molar-refractivity contribution >= 4 is 5.91 Å². The maximum Gasteiger partial charge on any atom is 0.227 e. The van der Waals surface area contributed by atoms with Crippen molar-refractivity contribution in [3.8, 4) is 11.5 Å². The number of carbonyl (C=O) groups is 1. The molecule has 1 fully saturated rings. The highest BCUT2D eigenvalue weighted by molar-refractivity contribution is 5.79. The Morgan fingerprint density at radius 1 is 1.26 bits per heavy atom. The maximum absolute atomic E-state index is 12.5. The summed E-state index contributed by atoms with van der Waals surface area (Å²) < 4.78 is 5.09. The molecule has 1 N–H and O–H groups in total. The fraction of sp³-hybridized carbons (Fsp3) is 0.316. The smallest absolute Gasteiger partial charge is 0.227 e. The largest absolute Gasteiger partial charge is 0.504 e. The Labute approximate surface area is 136 Å². The summed E-state index contributed by atoms with van der Waals surface area (Å²) >= 11 is 0. The molecular weight excluding hydrogens is 290 g/mol. The zero-order valence-corrected chi connectivity index (χ0v) is 13.2. The van der Waals surface area contributed by atoms with Crippen LogP contribution in [0.1, 0.15) is 23.5 Å². The van der Waals surface area contributed by atoms with Gasteiger partial charge in [-0.3, -0.25) is 4.79 Å². The van der Waals surface area contributed by atoms with Crippen molar-refractivity contribution in [2.75, 3.05) is 20.2 Å². The zero-order chi connectivity index (χ0) is 16.2. The van der Waals surface area contributed by atoms with E-state index in [2.05, 4.69) is 12.1 Å². The van der Waals surface area contributed by atoms with Crippen LogP contribution in [0.15, 0.2) is 48.5 Å². The van der Waals surface area contributed by atoms with Crippen LogP contribution in [-0.2, 0) is 11.2 Å². The summed E-state index contributed by atoms with van der Waals surface area (Å²) in [6.07, 6.45) is 1.34. The molecule has 1 heterocycles. The summed E-state index contributed by atoms with van der Waals surface area (Å²) in [6.45, 7) is 1.58. The van der Waals surface area contributed by atoms with Crippen LogP contribution in [-0.4, -0.2) is 36.1 Å². The Hall–Kier alpha value is -2.49. The summed E-state index contributed by atoms with van der Waals surface area (Å²) in [6, 6.07) is 15.4. The zero-order valence-electron chi connectivity index (χ0n) is 13.2. The Morgan fingerprint density at radius 2 is 2.04 bits per heavy atom. The molecule has 1 unspecified atom stereocenters. The molecule has 1 atom stereocenters. The van der Waals surface area contributed by atoms with Gasteiger partial charge in [0.15, 0.2) is 11.5 Å². The van der Waals surface area contributed by atoms with E-state index in [-0.39, 0.29) is 11.7 Å². The topological polar surface area (TPSA) is 49.8 Å². The van der Waals surface area contributed by atoms with Gasteiger partial charge in [-0.05, 0) is 29.7 Å². The molecule has 1 amide bonds. The lowest BCUT2D eigenvalue weighted by Crippen LogP contribution is -2.29. The van der Waals surface area contributed by atoms with Gasteiger partial charge in [0.1, 0.15) is 0 Å². The average Bonchev–Trinajstić information content (AvgIpc) is 3.07. The standard InChI is InChI=1S/C19H21NO3/c1-23-18-11-14(7-8-17(18)21)12-19(22)20-10-9-16(13-20)15-5-3-2-4-6-15/h2-8,11,16,21H,9-10,12-13H2,1H3. The van der Waals surface area contributed by atoms with Gasteiger partial charge in [-0.2, -0.15) is 0 Å². The minimum atomic E-state index is 0.0917. The third kappa shape index (κ3) is 3.47. The number of rotatable bonds is 4. The molecule has 2 aromatic rings. The molecule has 120 valence electrons. The Morgan fingerprint density at radius 3 is 2.78 bits per heavy atom. The number of methoxy groups -OCH3 is 1. The fourth-order valence-electron chi connectivity index (χ4n) is 3.10. The molecule has 0 radical (unpaired) electrons. The number of amides is 1. The Balaban J connectivity index is 1.63. The highest BCUT2D eigenvalue weighted by Crippen LogP contribution is 2.29. The highest BCUT2D eigenvalue weighted by Gasteiger charge is 2.27. The van der Waals surface area contributed by atoms with E-state index in [1.165, 1.54) is 12.7 Å². The fourth-order valence-corrected chi connectivity index (χ4v) is 3.10. The van der Waals surface area contributed by atoms with Gasteiger partial charge in [-0.1, -0.05) is 36.4 Å². The van der Waals surface area contributed by atoms with Crippen LogP contribution in [0.5, 0.6) is 11.5 Å². The highest BCUT2D eigenvalue weighted by atomic mass is 16.5.